The molecule has 0 bridgehead atoms. The molecule has 0 aromatic carbocycles. The number of piperidine rings is 1. The molecule has 20 heavy (non-hydrogen) atoms. The van der Waals surface area contributed by atoms with E-state index in [1.807, 2.05) is 0 Å². The van der Waals surface area contributed by atoms with Crippen molar-refractivity contribution < 1.29 is 22.8 Å². The third kappa shape index (κ3) is 6.74. The van der Waals surface area contributed by atoms with Crippen LogP contribution in [0, 0.1) is 5.92 Å². The second-order valence-corrected chi connectivity index (χ2v) is 5.04. The van der Waals surface area contributed by atoms with Crippen LogP contribution in [0.5, 0.6) is 0 Å². The van der Waals surface area contributed by atoms with E-state index in [1.54, 1.807) is 5.32 Å². The summed E-state index contributed by atoms with van der Waals surface area (Å²) in [5.74, 6) is -0.730. The van der Waals surface area contributed by atoms with Crippen molar-refractivity contribution >= 4 is 11.8 Å². The molecule has 1 fully saturated rings. The van der Waals surface area contributed by atoms with E-state index in [-0.39, 0.29) is 18.4 Å². The molecule has 5 nitrogen and oxygen atoms in total. The van der Waals surface area contributed by atoms with Crippen LogP contribution >= 0.6 is 0 Å². The summed E-state index contributed by atoms with van der Waals surface area (Å²) in [7, 11) is 1.43. The fraction of sp³-hybridized carbons (Fsp3) is 0.833. The molecule has 0 spiro atoms. The number of nitrogens with zero attached hydrogens (tertiary/aromatic N) is 1. The summed E-state index contributed by atoms with van der Waals surface area (Å²) in [5.41, 5.74) is 0. The lowest BCUT2D eigenvalue weighted by Gasteiger charge is -2.24. The van der Waals surface area contributed by atoms with Crippen molar-refractivity contribution in [1.29, 1.82) is 0 Å². The SMILES string of the molecule is CN(CC(=O)NCC(F)(F)F)C(=O)CC1CCNCC1. The molecule has 2 amide bonds. The topological polar surface area (TPSA) is 61.4 Å². The standard InChI is InChI=1S/C12H20F3N3O2/c1-18(7-10(19)17-8-12(13,14)15)11(20)6-9-2-4-16-5-3-9/h9,16H,2-8H2,1H3,(H,17,19). The summed E-state index contributed by atoms with van der Waals surface area (Å²) >= 11 is 0. The molecule has 0 saturated carbocycles. The van der Waals surface area contributed by atoms with Crippen LogP contribution in [0.15, 0.2) is 0 Å². The number of hydrogen-bond acceptors (Lipinski definition) is 3. The Morgan fingerprint density at radius 1 is 1.30 bits per heavy atom. The van der Waals surface area contributed by atoms with Crippen LogP contribution in [0.2, 0.25) is 0 Å². The first-order chi connectivity index (χ1) is 9.28. The van der Waals surface area contributed by atoms with E-state index >= 15 is 0 Å². The zero-order valence-corrected chi connectivity index (χ0v) is 11.4. The molecule has 8 heteroatoms. The van der Waals surface area contributed by atoms with Gasteiger partial charge in [-0.2, -0.15) is 13.2 Å². The highest BCUT2D eigenvalue weighted by Crippen LogP contribution is 2.16. The van der Waals surface area contributed by atoms with E-state index in [1.165, 1.54) is 11.9 Å². The van der Waals surface area contributed by atoms with Crippen molar-refractivity contribution in [2.24, 2.45) is 5.92 Å². The highest BCUT2D eigenvalue weighted by atomic mass is 19.4. The second kappa shape index (κ2) is 7.47. The molecule has 1 rings (SSSR count). The molecule has 0 radical (unpaired) electrons. The molecule has 0 atom stereocenters. The fourth-order valence-corrected chi connectivity index (χ4v) is 2.05. The maximum Gasteiger partial charge on any atom is 0.405 e. The number of amides is 2. The quantitative estimate of drug-likeness (QED) is 0.777. The minimum absolute atomic E-state index is 0.209. The van der Waals surface area contributed by atoms with Crippen LogP contribution in [0.1, 0.15) is 19.3 Å². The Morgan fingerprint density at radius 2 is 1.90 bits per heavy atom. The summed E-state index contributed by atoms with van der Waals surface area (Å²) in [6.45, 7) is 0.0174. The van der Waals surface area contributed by atoms with Gasteiger partial charge in [0.1, 0.15) is 6.54 Å². The zero-order valence-electron chi connectivity index (χ0n) is 11.4. The van der Waals surface area contributed by atoms with E-state index in [2.05, 4.69) is 5.32 Å². The highest BCUT2D eigenvalue weighted by Gasteiger charge is 2.28. The number of rotatable bonds is 5. The van der Waals surface area contributed by atoms with Gasteiger partial charge in [-0.1, -0.05) is 0 Å². The van der Waals surface area contributed by atoms with Crippen molar-refractivity contribution in [3.63, 3.8) is 0 Å². The third-order valence-corrected chi connectivity index (χ3v) is 3.21. The summed E-state index contributed by atoms with van der Waals surface area (Å²) in [6, 6.07) is 0. The summed E-state index contributed by atoms with van der Waals surface area (Å²) in [4.78, 5) is 24.3. The number of carbonyl (C=O) groups is 2. The van der Waals surface area contributed by atoms with Crippen LogP contribution in [-0.2, 0) is 9.59 Å². The lowest BCUT2D eigenvalue weighted by molar-refractivity contribution is -0.141. The van der Waals surface area contributed by atoms with E-state index in [4.69, 9.17) is 0 Å². The highest BCUT2D eigenvalue weighted by molar-refractivity contribution is 5.84. The van der Waals surface area contributed by atoms with Gasteiger partial charge < -0.3 is 15.5 Å². The number of halogens is 3. The van der Waals surface area contributed by atoms with E-state index in [0.29, 0.717) is 6.42 Å². The Labute approximate surface area is 115 Å². The van der Waals surface area contributed by atoms with Gasteiger partial charge in [0, 0.05) is 13.5 Å². The van der Waals surface area contributed by atoms with Gasteiger partial charge in [0.15, 0.2) is 0 Å². The van der Waals surface area contributed by atoms with Gasteiger partial charge in [-0.3, -0.25) is 9.59 Å². The number of likely N-dealkylation sites (N-methyl/N-ethyl adjacent to an activating group) is 1. The first-order valence-corrected chi connectivity index (χ1v) is 6.56. The van der Waals surface area contributed by atoms with E-state index in [0.717, 1.165) is 25.9 Å². The second-order valence-electron chi connectivity index (χ2n) is 5.04. The van der Waals surface area contributed by atoms with Crippen molar-refractivity contribution in [3.05, 3.63) is 0 Å². The van der Waals surface area contributed by atoms with Crippen molar-refractivity contribution in [1.82, 2.24) is 15.5 Å². The molecule has 1 aliphatic heterocycles. The van der Waals surface area contributed by atoms with Gasteiger partial charge in [-0.05, 0) is 31.8 Å². The number of nitrogens with one attached hydrogen (secondary N) is 2. The van der Waals surface area contributed by atoms with Crippen molar-refractivity contribution in [3.8, 4) is 0 Å². The Morgan fingerprint density at radius 3 is 2.45 bits per heavy atom. The Bertz CT molecular complexity index is 341. The number of carbonyl (C=O) groups excluding carboxylic acids is 2. The summed E-state index contributed by atoms with van der Waals surface area (Å²) in [5, 5.41) is 4.93. The minimum atomic E-state index is -4.44. The van der Waals surface area contributed by atoms with Crippen LogP contribution in [-0.4, -0.2) is 56.1 Å². The minimum Gasteiger partial charge on any atom is -0.345 e. The normalized spacial score (nSPS) is 16.8. The van der Waals surface area contributed by atoms with E-state index in [9.17, 15) is 22.8 Å². The van der Waals surface area contributed by atoms with Crippen LogP contribution in [0.4, 0.5) is 13.2 Å². The molecular formula is C12H20F3N3O2. The molecule has 0 aromatic heterocycles. The predicted molar refractivity (Wildman–Crippen MR) is 66.9 cm³/mol. The first kappa shape index (κ1) is 16.7. The number of hydrogen-bond donors (Lipinski definition) is 2. The maximum atomic E-state index is 11.9. The predicted octanol–water partition coefficient (Wildman–Crippen LogP) is 0.513. The third-order valence-electron chi connectivity index (χ3n) is 3.21. The Kier molecular flexibility index (Phi) is 6.25. The van der Waals surface area contributed by atoms with Crippen molar-refractivity contribution in [2.45, 2.75) is 25.4 Å². The summed E-state index contributed by atoms with van der Waals surface area (Å²) in [6.07, 6.45) is -2.29. The average molecular weight is 295 g/mol. The molecule has 0 aromatic rings. The van der Waals surface area contributed by atoms with Crippen LogP contribution in [0.25, 0.3) is 0 Å². The van der Waals surface area contributed by atoms with Gasteiger partial charge in [0.25, 0.3) is 0 Å². The van der Waals surface area contributed by atoms with Gasteiger partial charge in [-0.25, -0.2) is 0 Å². The van der Waals surface area contributed by atoms with Gasteiger partial charge >= 0.3 is 6.18 Å². The van der Waals surface area contributed by atoms with E-state index < -0.39 is 18.6 Å². The lowest BCUT2D eigenvalue weighted by Crippen LogP contribution is -2.42. The first-order valence-electron chi connectivity index (χ1n) is 6.56. The Hall–Kier alpha value is -1.31. The van der Waals surface area contributed by atoms with Gasteiger partial charge in [-0.15, -0.1) is 0 Å². The molecule has 1 heterocycles. The molecule has 0 aliphatic carbocycles. The molecule has 0 unspecified atom stereocenters. The average Bonchev–Trinajstić information content (AvgIpc) is 2.36. The van der Waals surface area contributed by atoms with Crippen LogP contribution < -0.4 is 10.6 Å². The summed E-state index contributed by atoms with van der Waals surface area (Å²) < 4.78 is 35.8. The van der Waals surface area contributed by atoms with Gasteiger partial charge in [0.2, 0.25) is 11.8 Å². The molecule has 1 saturated heterocycles. The van der Waals surface area contributed by atoms with Gasteiger partial charge in [0.05, 0.1) is 6.54 Å². The molecule has 116 valence electrons. The zero-order chi connectivity index (χ0) is 15.2. The molecular weight excluding hydrogens is 275 g/mol. The maximum absolute atomic E-state index is 11.9. The lowest BCUT2D eigenvalue weighted by atomic mass is 9.94. The largest absolute Gasteiger partial charge is 0.405 e. The fourth-order valence-electron chi connectivity index (χ4n) is 2.05. The van der Waals surface area contributed by atoms with Crippen molar-refractivity contribution in [2.75, 3.05) is 33.2 Å². The number of alkyl halides is 3. The van der Waals surface area contributed by atoms with Crippen LogP contribution in [0.3, 0.4) is 0 Å². The monoisotopic (exact) mass is 295 g/mol. The molecule has 1 aliphatic rings. The smallest absolute Gasteiger partial charge is 0.345 e. The Balaban J connectivity index is 2.28. The molecule has 2 N–H and O–H groups in total.